The molecule has 126 valence electrons. The van der Waals surface area contributed by atoms with Gasteiger partial charge in [-0.1, -0.05) is 32.6 Å². The van der Waals surface area contributed by atoms with Crippen molar-refractivity contribution in [3.8, 4) is 0 Å². The summed E-state index contributed by atoms with van der Waals surface area (Å²) >= 11 is 0. The topological polar surface area (TPSA) is 64.0 Å². The lowest BCUT2D eigenvalue weighted by Gasteiger charge is -2.22. The van der Waals surface area contributed by atoms with Crippen LogP contribution in [0.4, 0.5) is 0 Å². The smallest absolute Gasteiger partial charge is 0.243 e. The molecule has 1 fully saturated rings. The zero-order valence-electron chi connectivity index (χ0n) is 13.7. The first-order chi connectivity index (χ1) is 11.1. The summed E-state index contributed by atoms with van der Waals surface area (Å²) in [5, 5.41) is 0.715. The molecule has 2 heterocycles. The van der Waals surface area contributed by atoms with Gasteiger partial charge >= 0.3 is 0 Å². The van der Waals surface area contributed by atoms with E-state index in [-0.39, 0.29) is 6.04 Å². The van der Waals surface area contributed by atoms with E-state index in [1.807, 2.05) is 10.6 Å². The highest BCUT2D eigenvalue weighted by Crippen LogP contribution is 2.26. The monoisotopic (exact) mass is 335 g/mol. The summed E-state index contributed by atoms with van der Waals surface area (Å²) in [6, 6.07) is 3.71. The van der Waals surface area contributed by atoms with Crippen molar-refractivity contribution in [2.75, 3.05) is 0 Å². The summed E-state index contributed by atoms with van der Waals surface area (Å²) in [4.78, 5) is 4.75. The Balaban J connectivity index is 1.94. The number of fused-ring (bicyclic) bond motifs is 1. The Hall–Kier alpha value is -1.40. The van der Waals surface area contributed by atoms with E-state index in [0.717, 1.165) is 50.7 Å². The number of pyridine rings is 1. The van der Waals surface area contributed by atoms with Crippen molar-refractivity contribution in [2.24, 2.45) is 0 Å². The lowest BCUT2D eigenvalue weighted by atomic mass is 9.96. The number of hydrogen-bond acceptors (Lipinski definition) is 3. The third-order valence-electron chi connectivity index (χ3n) is 4.57. The molecule has 0 saturated heterocycles. The summed E-state index contributed by atoms with van der Waals surface area (Å²) in [6.45, 7) is 2.92. The lowest BCUT2D eigenvalue weighted by Crippen LogP contribution is -2.36. The molecule has 2 aromatic heterocycles. The average molecular weight is 335 g/mol. The van der Waals surface area contributed by atoms with Crippen molar-refractivity contribution in [3.05, 3.63) is 24.5 Å². The molecule has 0 aromatic carbocycles. The van der Waals surface area contributed by atoms with Crippen molar-refractivity contribution < 1.29 is 8.42 Å². The van der Waals surface area contributed by atoms with Gasteiger partial charge in [0.2, 0.25) is 10.0 Å². The van der Waals surface area contributed by atoms with Gasteiger partial charge in [0, 0.05) is 30.4 Å². The van der Waals surface area contributed by atoms with Crippen LogP contribution in [0, 0.1) is 0 Å². The minimum Gasteiger partial charge on any atom is -0.331 e. The Morgan fingerprint density at radius 3 is 2.83 bits per heavy atom. The van der Waals surface area contributed by atoms with Gasteiger partial charge in [0.1, 0.15) is 10.5 Å². The summed E-state index contributed by atoms with van der Waals surface area (Å²) in [5.74, 6) is 0. The molecular formula is C17H25N3O2S. The van der Waals surface area contributed by atoms with Gasteiger partial charge in [-0.05, 0) is 31.4 Å². The van der Waals surface area contributed by atoms with Gasteiger partial charge in [-0.2, -0.15) is 0 Å². The maximum atomic E-state index is 12.8. The van der Waals surface area contributed by atoms with Gasteiger partial charge < -0.3 is 4.57 Å². The van der Waals surface area contributed by atoms with Crippen LogP contribution >= 0.6 is 0 Å². The van der Waals surface area contributed by atoms with Gasteiger partial charge in [-0.3, -0.25) is 0 Å². The van der Waals surface area contributed by atoms with E-state index in [1.165, 1.54) is 6.42 Å². The molecule has 0 amide bonds. The Morgan fingerprint density at radius 2 is 2.09 bits per heavy atom. The third-order valence-corrected chi connectivity index (χ3v) is 6.11. The Bertz CT molecular complexity index is 761. The summed E-state index contributed by atoms with van der Waals surface area (Å²) in [6.07, 6.45) is 10.8. The Labute approximate surface area is 138 Å². The largest absolute Gasteiger partial charge is 0.331 e. The maximum Gasteiger partial charge on any atom is 0.243 e. The van der Waals surface area contributed by atoms with Crippen molar-refractivity contribution in [3.63, 3.8) is 0 Å². The quantitative estimate of drug-likeness (QED) is 0.879. The highest BCUT2D eigenvalue weighted by Gasteiger charge is 2.25. The van der Waals surface area contributed by atoms with Crippen LogP contribution in [-0.2, 0) is 16.6 Å². The molecule has 6 heteroatoms. The van der Waals surface area contributed by atoms with Crippen molar-refractivity contribution in [1.82, 2.24) is 14.3 Å². The first-order valence-corrected chi connectivity index (χ1v) is 10.1. The first-order valence-electron chi connectivity index (χ1n) is 8.58. The molecule has 0 unspecified atom stereocenters. The molecule has 23 heavy (non-hydrogen) atoms. The molecule has 1 aliphatic carbocycles. The number of rotatable bonds is 6. The molecule has 0 aliphatic heterocycles. The number of hydrogen-bond donors (Lipinski definition) is 1. The minimum absolute atomic E-state index is 0.0689. The molecule has 1 aliphatic rings. The number of aromatic nitrogens is 2. The van der Waals surface area contributed by atoms with Gasteiger partial charge in [-0.15, -0.1) is 0 Å². The molecule has 2 aromatic rings. The highest BCUT2D eigenvalue weighted by atomic mass is 32.2. The van der Waals surface area contributed by atoms with E-state index in [4.69, 9.17) is 0 Å². The molecular weight excluding hydrogens is 310 g/mol. The van der Waals surface area contributed by atoms with E-state index in [9.17, 15) is 8.42 Å². The zero-order valence-corrected chi connectivity index (χ0v) is 14.5. The minimum atomic E-state index is -3.50. The normalized spacial score (nSPS) is 16.9. The van der Waals surface area contributed by atoms with Gasteiger partial charge in [0.15, 0.2) is 0 Å². The zero-order chi connectivity index (χ0) is 16.3. The number of aryl methyl sites for hydroxylation is 1. The van der Waals surface area contributed by atoms with Crippen LogP contribution in [0.2, 0.25) is 0 Å². The van der Waals surface area contributed by atoms with E-state index in [2.05, 4.69) is 16.6 Å². The molecule has 1 N–H and O–H groups in total. The van der Waals surface area contributed by atoms with Crippen LogP contribution in [0.25, 0.3) is 11.0 Å². The van der Waals surface area contributed by atoms with E-state index in [1.54, 1.807) is 18.5 Å². The van der Waals surface area contributed by atoms with Crippen LogP contribution < -0.4 is 4.72 Å². The van der Waals surface area contributed by atoms with Crippen LogP contribution in [0.1, 0.15) is 51.9 Å². The van der Waals surface area contributed by atoms with Crippen LogP contribution in [0.3, 0.4) is 0 Å². The summed E-state index contributed by atoms with van der Waals surface area (Å²) < 4.78 is 30.6. The van der Waals surface area contributed by atoms with Crippen LogP contribution in [0.5, 0.6) is 0 Å². The van der Waals surface area contributed by atoms with Gasteiger partial charge in [0.25, 0.3) is 0 Å². The molecule has 0 radical (unpaired) electrons. The van der Waals surface area contributed by atoms with E-state index >= 15 is 0 Å². The second kappa shape index (κ2) is 7.01. The van der Waals surface area contributed by atoms with E-state index < -0.39 is 10.0 Å². The van der Waals surface area contributed by atoms with Crippen LogP contribution in [-0.4, -0.2) is 24.0 Å². The Morgan fingerprint density at radius 1 is 1.30 bits per heavy atom. The fourth-order valence-electron chi connectivity index (χ4n) is 3.31. The van der Waals surface area contributed by atoms with Gasteiger partial charge in [-0.25, -0.2) is 18.1 Å². The summed E-state index contributed by atoms with van der Waals surface area (Å²) in [7, 11) is -3.50. The number of unbranched alkanes of at least 4 members (excludes halogenated alkanes) is 1. The number of nitrogens with zero attached hydrogens (tertiary/aromatic N) is 2. The van der Waals surface area contributed by atoms with Gasteiger partial charge in [0.05, 0.1) is 0 Å². The Kier molecular flexibility index (Phi) is 5.02. The second-order valence-corrected chi connectivity index (χ2v) is 8.05. The van der Waals surface area contributed by atoms with Crippen molar-refractivity contribution in [2.45, 2.75) is 69.4 Å². The fraction of sp³-hybridized carbons (Fsp3) is 0.588. The highest BCUT2D eigenvalue weighted by molar-refractivity contribution is 7.89. The average Bonchev–Trinajstić information content (AvgIpc) is 2.93. The molecule has 3 rings (SSSR count). The molecule has 0 spiro atoms. The lowest BCUT2D eigenvalue weighted by molar-refractivity contribution is 0.412. The maximum absolute atomic E-state index is 12.8. The molecule has 5 nitrogen and oxygen atoms in total. The summed E-state index contributed by atoms with van der Waals surface area (Å²) in [5.41, 5.74) is 0.755. The standard InChI is InChI=1S/C17H25N3O2S/c1-2-3-12-20-13-16(15-10-7-11-18-17(15)20)23(21,22)19-14-8-5-4-6-9-14/h7,10-11,13-14,19H,2-6,8-9,12H2,1H3. The predicted molar refractivity (Wildman–Crippen MR) is 91.8 cm³/mol. The molecule has 0 bridgehead atoms. The molecule has 1 saturated carbocycles. The van der Waals surface area contributed by atoms with Crippen molar-refractivity contribution in [1.29, 1.82) is 0 Å². The third kappa shape index (κ3) is 3.58. The van der Waals surface area contributed by atoms with Crippen molar-refractivity contribution >= 4 is 21.1 Å². The fourth-order valence-corrected chi connectivity index (χ4v) is 4.82. The SMILES string of the molecule is CCCCn1cc(S(=O)(=O)NC2CCCCC2)c2cccnc21. The second-order valence-electron chi connectivity index (χ2n) is 6.37. The first kappa shape index (κ1) is 16.5. The number of nitrogens with one attached hydrogen (secondary N) is 1. The van der Waals surface area contributed by atoms with E-state index in [0.29, 0.717) is 10.3 Å². The molecule has 0 atom stereocenters. The predicted octanol–water partition coefficient (Wildman–Crippen LogP) is 3.45. The van der Waals surface area contributed by atoms with Crippen LogP contribution in [0.15, 0.2) is 29.4 Å². The number of sulfonamides is 1.